The van der Waals surface area contributed by atoms with Gasteiger partial charge < -0.3 is 27.0 Å². The minimum atomic E-state index is -4.89. The molecule has 1 aromatic carbocycles. The van der Waals surface area contributed by atoms with Crippen molar-refractivity contribution in [3.63, 3.8) is 0 Å². The Morgan fingerprint density at radius 2 is 1.94 bits per heavy atom. The van der Waals surface area contributed by atoms with E-state index in [4.69, 9.17) is 16.6 Å². The third kappa shape index (κ3) is 6.05. The van der Waals surface area contributed by atoms with E-state index in [0.29, 0.717) is 0 Å². The van der Waals surface area contributed by atoms with Crippen molar-refractivity contribution in [1.82, 2.24) is 0 Å². The smallest absolute Gasteiger partial charge is 0.394 e. The molecule has 8 nitrogen and oxygen atoms in total. The van der Waals surface area contributed by atoms with Crippen LogP contribution in [-0.2, 0) is 4.79 Å². The number of anilines is 1. The minimum absolute atomic E-state index is 0.0553. The van der Waals surface area contributed by atoms with Crippen LogP contribution in [0, 0.1) is 5.41 Å². The lowest BCUT2D eigenvalue weighted by Crippen LogP contribution is -2.36. The van der Waals surface area contributed by atoms with E-state index in [-0.39, 0.29) is 42.0 Å². The normalized spacial score (nSPS) is 20.5. The first-order valence-corrected chi connectivity index (χ1v) is 9.40. The second-order valence-electron chi connectivity index (χ2n) is 8.10. The van der Waals surface area contributed by atoms with Crippen molar-refractivity contribution < 1.29 is 33.0 Å². The summed E-state index contributed by atoms with van der Waals surface area (Å²) in [4.78, 5) is 28.4. The number of carbonyl (C=O) groups is 2. The highest BCUT2D eigenvalue weighted by Crippen LogP contribution is 2.38. The predicted octanol–water partition coefficient (Wildman–Crippen LogP) is 1.79. The van der Waals surface area contributed by atoms with Crippen molar-refractivity contribution in [3.8, 4) is 0 Å². The lowest BCUT2D eigenvalue weighted by atomic mass is 9.73. The maximum atomic E-state index is 13.2. The molecular weight excluding hydrogens is 417 g/mol. The molecule has 0 radical (unpaired) electrons. The highest BCUT2D eigenvalue weighted by Gasteiger charge is 2.42. The Kier molecular flexibility index (Phi) is 7.12. The van der Waals surface area contributed by atoms with Gasteiger partial charge in [0.15, 0.2) is 5.78 Å². The maximum Gasteiger partial charge on any atom is 0.431 e. The summed E-state index contributed by atoms with van der Waals surface area (Å²) in [6.45, 7) is 2.83. The molecule has 170 valence electrons. The monoisotopic (exact) mass is 442 g/mol. The average molecular weight is 442 g/mol. The SMILES string of the molecule is CC1(C)CC(=O)C(=C(N)C(F)(F)F)C(=Nc2ccc(C(N)=O)c(NCC(O)CO)c2)C1. The lowest BCUT2D eigenvalue weighted by molar-refractivity contribution is -0.119. The van der Waals surface area contributed by atoms with Crippen molar-refractivity contribution in [2.75, 3.05) is 18.5 Å². The zero-order valence-corrected chi connectivity index (χ0v) is 17.1. The standard InChI is InChI=1S/C20H25F3N4O4/c1-19(2)6-14(16(15(30)7-19)17(24)20(21,22)23)27-10-3-4-12(18(25)31)13(5-10)26-8-11(29)9-28/h3-5,11,26,28-29H,6-9,24H2,1-2H3,(H2,25,31). The molecule has 2 rings (SSSR count). The van der Waals surface area contributed by atoms with Crippen LogP contribution in [0.5, 0.6) is 0 Å². The number of rotatable bonds is 6. The van der Waals surface area contributed by atoms with Gasteiger partial charge in [0.2, 0.25) is 0 Å². The number of hydrogen-bond donors (Lipinski definition) is 5. The van der Waals surface area contributed by atoms with Crippen LogP contribution in [0.25, 0.3) is 0 Å². The van der Waals surface area contributed by atoms with E-state index in [1.807, 2.05) is 0 Å². The number of aliphatic hydroxyl groups excluding tert-OH is 2. The molecule has 0 spiro atoms. The van der Waals surface area contributed by atoms with Gasteiger partial charge in [0.05, 0.1) is 35.2 Å². The third-order valence-corrected chi connectivity index (χ3v) is 4.70. The van der Waals surface area contributed by atoms with Gasteiger partial charge in [0, 0.05) is 18.7 Å². The topological polar surface area (TPSA) is 151 Å². The Morgan fingerprint density at radius 3 is 2.48 bits per heavy atom. The maximum absolute atomic E-state index is 13.2. The number of Topliss-reactive ketones (excluding diaryl/α,β-unsaturated/α-hetero) is 1. The number of nitrogens with one attached hydrogen (secondary N) is 1. The second-order valence-corrected chi connectivity index (χ2v) is 8.10. The predicted molar refractivity (Wildman–Crippen MR) is 109 cm³/mol. The van der Waals surface area contributed by atoms with Crippen molar-refractivity contribution in [2.24, 2.45) is 21.9 Å². The number of benzene rings is 1. The van der Waals surface area contributed by atoms with Gasteiger partial charge in [-0.1, -0.05) is 13.8 Å². The van der Waals surface area contributed by atoms with Crippen molar-refractivity contribution in [3.05, 3.63) is 35.0 Å². The van der Waals surface area contributed by atoms with Crippen molar-refractivity contribution >= 4 is 28.8 Å². The molecule has 0 saturated heterocycles. The number of nitrogens with zero attached hydrogens (tertiary/aromatic N) is 1. The molecule has 1 saturated carbocycles. The number of ketones is 1. The van der Waals surface area contributed by atoms with Crippen molar-refractivity contribution in [2.45, 2.75) is 39.0 Å². The highest BCUT2D eigenvalue weighted by molar-refractivity contribution is 6.25. The third-order valence-electron chi connectivity index (χ3n) is 4.70. The second kappa shape index (κ2) is 9.06. The summed E-state index contributed by atoms with van der Waals surface area (Å²) < 4.78 is 39.7. The Balaban J connectivity index is 2.57. The Morgan fingerprint density at radius 1 is 1.29 bits per heavy atom. The van der Waals surface area contributed by atoms with Crippen molar-refractivity contribution in [1.29, 1.82) is 0 Å². The van der Waals surface area contributed by atoms with E-state index in [0.717, 1.165) is 0 Å². The average Bonchev–Trinajstić information content (AvgIpc) is 2.63. The molecule has 1 aromatic rings. The summed E-state index contributed by atoms with van der Waals surface area (Å²) in [7, 11) is 0. The molecule has 1 amide bonds. The molecule has 1 aliphatic rings. The molecule has 1 atom stereocenters. The van der Waals surface area contributed by atoms with Gasteiger partial charge >= 0.3 is 6.18 Å². The molecule has 0 aliphatic heterocycles. The first-order valence-electron chi connectivity index (χ1n) is 9.40. The fraction of sp³-hybridized carbons (Fsp3) is 0.450. The minimum Gasteiger partial charge on any atom is -0.394 e. The van der Waals surface area contributed by atoms with Gasteiger partial charge in [-0.25, -0.2) is 0 Å². The van der Waals surface area contributed by atoms with Gasteiger partial charge in [-0.3, -0.25) is 14.6 Å². The van der Waals surface area contributed by atoms with E-state index in [1.54, 1.807) is 13.8 Å². The number of primary amides is 1. The van der Waals surface area contributed by atoms with E-state index in [1.165, 1.54) is 18.2 Å². The summed E-state index contributed by atoms with van der Waals surface area (Å²) in [6.07, 6.45) is -6.04. The Bertz CT molecular complexity index is 939. The zero-order valence-electron chi connectivity index (χ0n) is 17.1. The summed E-state index contributed by atoms with van der Waals surface area (Å²) in [6, 6.07) is 4.04. The number of carbonyl (C=O) groups excluding carboxylic acids is 2. The molecule has 0 heterocycles. The molecule has 0 aromatic heterocycles. The van der Waals surface area contributed by atoms with Crippen LogP contribution in [0.1, 0.15) is 37.0 Å². The first-order chi connectivity index (χ1) is 14.2. The number of aliphatic imine (C=N–C) groups is 1. The summed E-state index contributed by atoms with van der Waals surface area (Å²) >= 11 is 0. The summed E-state index contributed by atoms with van der Waals surface area (Å²) in [5.74, 6) is -1.53. The highest BCUT2D eigenvalue weighted by atomic mass is 19.4. The van der Waals surface area contributed by atoms with Gasteiger partial charge in [-0.05, 0) is 30.0 Å². The van der Waals surface area contributed by atoms with E-state index in [2.05, 4.69) is 10.3 Å². The van der Waals surface area contributed by atoms with Crippen LogP contribution in [0.15, 0.2) is 34.5 Å². The Labute approximate surface area is 176 Å². The summed E-state index contributed by atoms with van der Waals surface area (Å²) in [5, 5.41) is 21.2. The fourth-order valence-corrected chi connectivity index (χ4v) is 3.24. The van der Waals surface area contributed by atoms with E-state index in [9.17, 15) is 27.9 Å². The van der Waals surface area contributed by atoms with Crippen LogP contribution in [-0.4, -0.2) is 53.0 Å². The number of halogens is 3. The van der Waals surface area contributed by atoms with Crippen LogP contribution < -0.4 is 16.8 Å². The number of hydrogen-bond acceptors (Lipinski definition) is 7. The quantitative estimate of drug-likeness (QED) is 0.424. The van der Waals surface area contributed by atoms with Gasteiger partial charge in [0.25, 0.3) is 5.91 Å². The lowest BCUT2D eigenvalue weighted by Gasteiger charge is -2.32. The zero-order chi connectivity index (χ0) is 23.6. The number of allylic oxidation sites excluding steroid dienone is 2. The summed E-state index contributed by atoms with van der Waals surface area (Å²) in [5.41, 5.74) is 8.09. The molecular formula is C20H25F3N4O4. The Hall–Kier alpha value is -2.92. The largest absolute Gasteiger partial charge is 0.431 e. The number of aliphatic hydroxyl groups is 2. The van der Waals surface area contributed by atoms with Gasteiger partial charge in [-0.2, -0.15) is 13.2 Å². The molecule has 11 heteroatoms. The van der Waals surface area contributed by atoms with Crippen LogP contribution in [0.4, 0.5) is 24.5 Å². The molecule has 7 N–H and O–H groups in total. The number of alkyl halides is 3. The van der Waals surface area contributed by atoms with Crippen LogP contribution >= 0.6 is 0 Å². The molecule has 1 aliphatic carbocycles. The molecule has 1 unspecified atom stereocenters. The van der Waals surface area contributed by atoms with Crippen LogP contribution in [0.2, 0.25) is 0 Å². The van der Waals surface area contributed by atoms with Gasteiger partial charge in [0.1, 0.15) is 5.70 Å². The number of amides is 1. The van der Waals surface area contributed by atoms with Crippen LogP contribution in [0.3, 0.4) is 0 Å². The first kappa shape index (κ1) is 24.4. The fourth-order valence-electron chi connectivity index (χ4n) is 3.24. The van der Waals surface area contributed by atoms with E-state index >= 15 is 0 Å². The molecule has 1 fully saturated rings. The molecule has 0 bridgehead atoms. The van der Waals surface area contributed by atoms with Gasteiger partial charge in [-0.15, -0.1) is 0 Å². The van der Waals surface area contributed by atoms with E-state index < -0.39 is 47.3 Å². The molecule has 31 heavy (non-hydrogen) atoms. The number of nitrogens with two attached hydrogens (primary N) is 2.